The monoisotopic (exact) mass is 229 g/mol. The zero-order chi connectivity index (χ0) is 11.4. The number of carboxylic acids is 1. The molecule has 0 bridgehead atoms. The first-order chi connectivity index (χ1) is 6.90. The van der Waals surface area contributed by atoms with Gasteiger partial charge in [-0.3, -0.25) is 4.79 Å². The summed E-state index contributed by atoms with van der Waals surface area (Å²) >= 11 is 1.61. The molecule has 1 unspecified atom stereocenters. The Balaban J connectivity index is 2.28. The summed E-state index contributed by atoms with van der Waals surface area (Å²) in [6.07, 6.45) is 0.801. The quantitative estimate of drug-likeness (QED) is 0.722. The molecule has 2 aliphatic heterocycles. The number of amides is 1. The van der Waals surface area contributed by atoms with Crippen LogP contribution in [0, 0.1) is 5.92 Å². The molecule has 2 aliphatic rings. The Labute approximate surface area is 93.0 Å². The second-order valence-electron chi connectivity index (χ2n) is 4.61. The van der Waals surface area contributed by atoms with Crippen LogP contribution in [0.1, 0.15) is 27.2 Å². The van der Waals surface area contributed by atoms with Gasteiger partial charge in [0.05, 0.1) is 11.3 Å². The summed E-state index contributed by atoms with van der Waals surface area (Å²) in [5.74, 6) is -0.857. The van der Waals surface area contributed by atoms with Crippen LogP contribution in [-0.2, 0) is 9.59 Å². The van der Waals surface area contributed by atoms with E-state index < -0.39 is 12.0 Å². The number of aliphatic carboxylic acids is 1. The molecular formula is C10H15NO3S. The Bertz CT molecular complexity index is 329. The molecule has 0 spiro atoms. The normalized spacial score (nSPS) is 37.4. The van der Waals surface area contributed by atoms with Crippen molar-refractivity contribution in [2.75, 3.05) is 0 Å². The van der Waals surface area contributed by atoms with E-state index >= 15 is 0 Å². The third-order valence-electron chi connectivity index (χ3n) is 3.22. The van der Waals surface area contributed by atoms with Gasteiger partial charge in [0, 0.05) is 4.75 Å². The molecule has 4 nitrogen and oxygen atoms in total. The fraction of sp³-hybridized carbons (Fsp3) is 0.800. The average Bonchev–Trinajstić information content (AvgIpc) is 2.35. The van der Waals surface area contributed by atoms with Crippen LogP contribution >= 0.6 is 11.8 Å². The van der Waals surface area contributed by atoms with Gasteiger partial charge in [0.25, 0.3) is 0 Å². The zero-order valence-corrected chi connectivity index (χ0v) is 9.87. The molecule has 2 fully saturated rings. The van der Waals surface area contributed by atoms with Gasteiger partial charge in [-0.15, -0.1) is 11.8 Å². The second-order valence-corrected chi connectivity index (χ2v) is 6.38. The maximum Gasteiger partial charge on any atom is 0.327 e. The molecule has 2 heterocycles. The largest absolute Gasteiger partial charge is 0.480 e. The summed E-state index contributed by atoms with van der Waals surface area (Å²) in [5.41, 5.74) is 0. The van der Waals surface area contributed by atoms with E-state index in [0.717, 1.165) is 6.42 Å². The van der Waals surface area contributed by atoms with Crippen molar-refractivity contribution < 1.29 is 14.7 Å². The summed E-state index contributed by atoms with van der Waals surface area (Å²) in [5, 5.41) is 9.22. The number of thioether (sulfide) groups is 1. The highest BCUT2D eigenvalue weighted by molar-refractivity contribution is 8.01. The van der Waals surface area contributed by atoms with Gasteiger partial charge >= 0.3 is 5.97 Å². The van der Waals surface area contributed by atoms with Crippen LogP contribution in [0.2, 0.25) is 0 Å². The first-order valence-electron chi connectivity index (χ1n) is 5.13. The highest BCUT2D eigenvalue weighted by Crippen LogP contribution is 2.53. The summed E-state index contributed by atoms with van der Waals surface area (Å²) in [7, 11) is 0. The Kier molecular flexibility index (Phi) is 2.26. The minimum absolute atomic E-state index is 0.00738. The van der Waals surface area contributed by atoms with E-state index in [1.165, 1.54) is 0 Å². The number of hydrogen-bond acceptors (Lipinski definition) is 3. The molecule has 5 heteroatoms. The highest BCUT2D eigenvalue weighted by atomic mass is 32.2. The fourth-order valence-corrected chi connectivity index (χ4v) is 4.24. The minimum atomic E-state index is -0.891. The molecule has 0 radical (unpaired) electrons. The molecule has 3 atom stereocenters. The number of nitrogens with zero attached hydrogens (tertiary/aromatic N) is 1. The molecule has 2 saturated heterocycles. The van der Waals surface area contributed by atoms with Gasteiger partial charge < -0.3 is 10.0 Å². The van der Waals surface area contributed by atoms with Crippen molar-refractivity contribution in [1.82, 2.24) is 4.90 Å². The van der Waals surface area contributed by atoms with Crippen LogP contribution in [0.15, 0.2) is 0 Å². The van der Waals surface area contributed by atoms with E-state index in [4.69, 9.17) is 5.11 Å². The topological polar surface area (TPSA) is 57.6 Å². The summed E-state index contributed by atoms with van der Waals surface area (Å²) in [6.45, 7) is 5.77. The third kappa shape index (κ3) is 1.29. The van der Waals surface area contributed by atoms with E-state index in [1.807, 2.05) is 20.8 Å². The van der Waals surface area contributed by atoms with Gasteiger partial charge in [0.15, 0.2) is 0 Å². The molecule has 0 aromatic heterocycles. The number of rotatable bonds is 2. The number of fused-ring (bicyclic) bond motifs is 1. The van der Waals surface area contributed by atoms with Crippen molar-refractivity contribution in [3.8, 4) is 0 Å². The van der Waals surface area contributed by atoms with Gasteiger partial charge in [-0.25, -0.2) is 4.79 Å². The van der Waals surface area contributed by atoms with Crippen LogP contribution in [0.4, 0.5) is 0 Å². The molecule has 0 saturated carbocycles. The van der Waals surface area contributed by atoms with Gasteiger partial charge in [-0.05, 0) is 20.3 Å². The standard InChI is InChI=1S/C10H15NO3S/c1-4-5-7(12)11-6(9(13)14)10(2,3)15-8(5)11/h5-6,8H,4H2,1-3H3,(H,13,14)/t5?,6-,8+/m0/s1. The van der Waals surface area contributed by atoms with Crippen LogP contribution in [0.5, 0.6) is 0 Å². The van der Waals surface area contributed by atoms with Crippen molar-refractivity contribution in [3.05, 3.63) is 0 Å². The number of hydrogen-bond donors (Lipinski definition) is 1. The van der Waals surface area contributed by atoms with E-state index in [9.17, 15) is 9.59 Å². The average molecular weight is 229 g/mol. The maximum atomic E-state index is 11.7. The molecule has 1 N–H and O–H groups in total. The molecule has 0 aliphatic carbocycles. The molecule has 1 amide bonds. The number of β-lactam (4-membered cyclic amide) rings is 1. The molecule has 0 aromatic carbocycles. The molecule has 15 heavy (non-hydrogen) atoms. The van der Waals surface area contributed by atoms with Crippen molar-refractivity contribution in [1.29, 1.82) is 0 Å². The first kappa shape index (κ1) is 10.8. The summed E-state index contributed by atoms with van der Waals surface area (Å²) in [6, 6.07) is -0.664. The van der Waals surface area contributed by atoms with E-state index in [2.05, 4.69) is 0 Å². The van der Waals surface area contributed by atoms with Crippen molar-refractivity contribution in [3.63, 3.8) is 0 Å². The Morgan fingerprint density at radius 2 is 2.20 bits per heavy atom. The third-order valence-corrected chi connectivity index (χ3v) is 4.85. The maximum absolute atomic E-state index is 11.7. The van der Waals surface area contributed by atoms with Crippen LogP contribution < -0.4 is 0 Å². The Hall–Kier alpha value is -0.710. The number of carbonyl (C=O) groups is 2. The highest BCUT2D eigenvalue weighted by Gasteiger charge is 2.62. The van der Waals surface area contributed by atoms with Gasteiger partial charge in [-0.1, -0.05) is 6.92 Å². The van der Waals surface area contributed by atoms with E-state index in [0.29, 0.717) is 0 Å². The Morgan fingerprint density at radius 3 is 2.67 bits per heavy atom. The SMILES string of the molecule is CCC1C(=O)N2[C@@H]1SC(C)(C)[C@@H]2C(=O)O. The van der Waals surface area contributed by atoms with Crippen LogP contribution in [0.25, 0.3) is 0 Å². The van der Waals surface area contributed by atoms with Crippen LogP contribution in [0.3, 0.4) is 0 Å². The molecular weight excluding hydrogens is 214 g/mol. The van der Waals surface area contributed by atoms with Gasteiger partial charge in [-0.2, -0.15) is 0 Å². The number of carbonyl (C=O) groups excluding carboxylic acids is 1. The smallest absolute Gasteiger partial charge is 0.327 e. The molecule has 0 aromatic rings. The Morgan fingerprint density at radius 1 is 1.60 bits per heavy atom. The lowest BCUT2D eigenvalue weighted by atomic mass is 9.90. The number of carboxylic acid groups (broad SMARTS) is 1. The fourth-order valence-electron chi connectivity index (χ4n) is 2.47. The lowest BCUT2D eigenvalue weighted by Gasteiger charge is -2.43. The minimum Gasteiger partial charge on any atom is -0.480 e. The van der Waals surface area contributed by atoms with Gasteiger partial charge in [0.1, 0.15) is 6.04 Å². The first-order valence-corrected chi connectivity index (χ1v) is 6.01. The predicted octanol–water partition coefficient (Wildman–Crippen LogP) is 1.16. The lowest BCUT2D eigenvalue weighted by Crippen LogP contribution is -2.62. The second kappa shape index (κ2) is 3.14. The lowest BCUT2D eigenvalue weighted by molar-refractivity contribution is -0.163. The zero-order valence-electron chi connectivity index (χ0n) is 9.06. The van der Waals surface area contributed by atoms with Crippen molar-refractivity contribution in [2.24, 2.45) is 5.92 Å². The molecule has 84 valence electrons. The van der Waals surface area contributed by atoms with Crippen LogP contribution in [-0.4, -0.2) is 38.0 Å². The summed E-state index contributed by atoms with van der Waals surface area (Å²) in [4.78, 5) is 24.4. The molecule has 2 rings (SSSR count). The van der Waals surface area contributed by atoms with Crippen molar-refractivity contribution >= 4 is 23.6 Å². The van der Waals surface area contributed by atoms with Gasteiger partial charge in [0.2, 0.25) is 5.91 Å². The summed E-state index contributed by atoms with van der Waals surface area (Å²) < 4.78 is -0.379. The van der Waals surface area contributed by atoms with Crippen molar-refractivity contribution in [2.45, 2.75) is 43.4 Å². The predicted molar refractivity (Wildman–Crippen MR) is 57.5 cm³/mol. The van der Waals surface area contributed by atoms with E-state index in [1.54, 1.807) is 16.7 Å². The van der Waals surface area contributed by atoms with E-state index in [-0.39, 0.29) is 21.9 Å².